The normalized spacial score (nSPS) is 10.7. The molecule has 3 nitrogen and oxygen atoms in total. The molecule has 0 aliphatic heterocycles. The number of hydrogen-bond acceptors (Lipinski definition) is 4. The summed E-state index contributed by atoms with van der Waals surface area (Å²) in [7, 11) is 0. The number of aryl methyl sites for hydroxylation is 1. The van der Waals surface area contributed by atoms with E-state index in [2.05, 4.69) is 31.2 Å². The molecule has 0 saturated carbocycles. The Labute approximate surface area is 180 Å². The molecule has 0 aliphatic carbocycles. The highest BCUT2D eigenvalue weighted by molar-refractivity contribution is 7.99. The highest BCUT2D eigenvalue weighted by Gasteiger charge is 2.29. The summed E-state index contributed by atoms with van der Waals surface area (Å²) >= 11 is 1.52. The predicted octanol–water partition coefficient (Wildman–Crippen LogP) is 7.25. The van der Waals surface area contributed by atoms with E-state index in [4.69, 9.17) is 9.15 Å². The van der Waals surface area contributed by atoms with Crippen molar-refractivity contribution in [1.29, 1.82) is 0 Å². The summed E-state index contributed by atoms with van der Waals surface area (Å²) in [5.74, 6) is 0.822. The number of esters is 1. The summed E-state index contributed by atoms with van der Waals surface area (Å²) in [6, 6.07) is 27.8. The number of furan rings is 1. The second kappa shape index (κ2) is 9.06. The topological polar surface area (TPSA) is 39.4 Å². The van der Waals surface area contributed by atoms with Crippen LogP contribution in [0.5, 0.6) is 0 Å². The standard InChI is InChI=1S/C26H22O3S/c1-3-28-26(27)22-23(19-10-6-4-7-11-19)29-24(20-12-8-5-9-13-20)25(22)30-21-16-14-18(2)15-17-21/h4-17H,3H2,1-2H3. The number of benzene rings is 3. The first-order chi connectivity index (χ1) is 14.7. The first-order valence-electron chi connectivity index (χ1n) is 9.86. The van der Waals surface area contributed by atoms with E-state index in [1.54, 1.807) is 0 Å². The van der Waals surface area contributed by atoms with Crippen LogP contribution in [0.1, 0.15) is 22.8 Å². The van der Waals surface area contributed by atoms with Crippen molar-refractivity contribution in [1.82, 2.24) is 0 Å². The summed E-state index contributed by atoms with van der Waals surface area (Å²) in [5, 5.41) is 0. The van der Waals surface area contributed by atoms with Gasteiger partial charge in [-0.3, -0.25) is 0 Å². The average molecular weight is 415 g/mol. The molecule has 150 valence electrons. The first kappa shape index (κ1) is 20.0. The van der Waals surface area contributed by atoms with Crippen molar-refractivity contribution >= 4 is 17.7 Å². The highest BCUT2D eigenvalue weighted by Crippen LogP contribution is 2.45. The molecule has 0 aliphatic rings. The molecule has 0 atom stereocenters. The molecule has 0 N–H and O–H groups in total. The minimum absolute atomic E-state index is 0.299. The fourth-order valence-electron chi connectivity index (χ4n) is 3.20. The Morgan fingerprint density at radius 3 is 1.97 bits per heavy atom. The van der Waals surface area contributed by atoms with Crippen LogP contribution in [-0.4, -0.2) is 12.6 Å². The quantitative estimate of drug-likeness (QED) is 0.312. The summed E-state index contributed by atoms with van der Waals surface area (Å²) in [6.45, 7) is 4.16. The lowest BCUT2D eigenvalue weighted by Gasteiger charge is -2.07. The molecule has 0 fully saturated rings. The molecule has 0 spiro atoms. The van der Waals surface area contributed by atoms with Gasteiger partial charge in [-0.05, 0) is 26.0 Å². The smallest absolute Gasteiger partial charge is 0.343 e. The summed E-state index contributed by atoms with van der Waals surface area (Å²) in [6.07, 6.45) is 0. The van der Waals surface area contributed by atoms with Gasteiger partial charge in [0.2, 0.25) is 0 Å². The minimum Gasteiger partial charge on any atom is -0.462 e. The second-order valence-electron chi connectivity index (χ2n) is 6.83. The zero-order chi connectivity index (χ0) is 20.9. The van der Waals surface area contributed by atoms with Crippen molar-refractivity contribution < 1.29 is 13.9 Å². The first-order valence-corrected chi connectivity index (χ1v) is 10.7. The van der Waals surface area contributed by atoms with E-state index < -0.39 is 0 Å². The van der Waals surface area contributed by atoms with E-state index in [9.17, 15) is 4.79 Å². The van der Waals surface area contributed by atoms with Crippen molar-refractivity contribution in [3.63, 3.8) is 0 Å². The van der Waals surface area contributed by atoms with Crippen molar-refractivity contribution in [3.8, 4) is 22.6 Å². The Balaban J connectivity index is 1.94. The molecular weight excluding hydrogens is 392 g/mol. The number of rotatable bonds is 6. The zero-order valence-electron chi connectivity index (χ0n) is 16.9. The lowest BCUT2D eigenvalue weighted by Crippen LogP contribution is -2.06. The third-order valence-corrected chi connectivity index (χ3v) is 5.76. The monoisotopic (exact) mass is 414 g/mol. The van der Waals surface area contributed by atoms with Crippen LogP contribution in [-0.2, 0) is 4.74 Å². The maximum atomic E-state index is 13.1. The summed E-state index contributed by atoms with van der Waals surface area (Å²) in [4.78, 5) is 14.9. The van der Waals surface area contributed by atoms with Gasteiger partial charge in [-0.2, -0.15) is 0 Å². The van der Waals surface area contributed by atoms with Crippen molar-refractivity contribution in [2.24, 2.45) is 0 Å². The maximum Gasteiger partial charge on any atom is 0.343 e. The van der Waals surface area contributed by atoms with Crippen LogP contribution in [0.3, 0.4) is 0 Å². The fourth-order valence-corrected chi connectivity index (χ4v) is 4.24. The molecule has 0 amide bonds. The van der Waals surface area contributed by atoms with Gasteiger partial charge in [-0.25, -0.2) is 4.79 Å². The van der Waals surface area contributed by atoms with E-state index in [0.717, 1.165) is 20.9 Å². The third kappa shape index (κ3) is 4.19. The van der Waals surface area contributed by atoms with Gasteiger partial charge in [0.05, 0.1) is 11.5 Å². The van der Waals surface area contributed by atoms with Crippen molar-refractivity contribution in [3.05, 3.63) is 96.1 Å². The van der Waals surface area contributed by atoms with Crippen molar-refractivity contribution in [2.45, 2.75) is 23.6 Å². The average Bonchev–Trinajstić information content (AvgIpc) is 3.16. The lowest BCUT2D eigenvalue weighted by molar-refractivity contribution is 0.0523. The Kier molecular flexibility index (Phi) is 6.05. The molecular formula is C26H22O3S. The molecule has 0 saturated heterocycles. The van der Waals surface area contributed by atoms with Crippen LogP contribution < -0.4 is 0 Å². The predicted molar refractivity (Wildman–Crippen MR) is 121 cm³/mol. The Morgan fingerprint density at radius 1 is 0.833 bits per heavy atom. The van der Waals surface area contributed by atoms with E-state index >= 15 is 0 Å². The van der Waals surface area contributed by atoms with Crippen LogP contribution in [0.25, 0.3) is 22.6 Å². The van der Waals surface area contributed by atoms with Crippen LogP contribution in [0.2, 0.25) is 0 Å². The van der Waals surface area contributed by atoms with Crippen LogP contribution in [0, 0.1) is 6.92 Å². The van der Waals surface area contributed by atoms with Gasteiger partial charge in [0.1, 0.15) is 11.3 Å². The molecule has 30 heavy (non-hydrogen) atoms. The summed E-state index contributed by atoms with van der Waals surface area (Å²) < 4.78 is 11.8. The Morgan fingerprint density at radius 2 is 1.40 bits per heavy atom. The largest absolute Gasteiger partial charge is 0.462 e. The molecule has 4 aromatic rings. The van der Waals surface area contributed by atoms with Crippen LogP contribution in [0.4, 0.5) is 0 Å². The highest BCUT2D eigenvalue weighted by atomic mass is 32.2. The lowest BCUT2D eigenvalue weighted by atomic mass is 10.1. The minimum atomic E-state index is -0.378. The maximum absolute atomic E-state index is 13.1. The molecule has 3 aromatic carbocycles. The SMILES string of the molecule is CCOC(=O)c1c(-c2ccccc2)oc(-c2ccccc2)c1Sc1ccc(C)cc1. The van der Waals surface area contributed by atoms with Gasteiger partial charge in [0, 0.05) is 16.0 Å². The fraction of sp³-hybridized carbons (Fsp3) is 0.115. The number of hydrogen-bond donors (Lipinski definition) is 0. The van der Waals surface area contributed by atoms with Gasteiger partial charge >= 0.3 is 5.97 Å². The van der Waals surface area contributed by atoms with E-state index in [1.807, 2.05) is 67.6 Å². The van der Waals surface area contributed by atoms with Gasteiger partial charge in [0.25, 0.3) is 0 Å². The Hall–Kier alpha value is -3.24. The van der Waals surface area contributed by atoms with E-state index in [0.29, 0.717) is 23.7 Å². The molecule has 1 heterocycles. The molecule has 0 bridgehead atoms. The summed E-state index contributed by atoms with van der Waals surface area (Å²) in [5.41, 5.74) is 3.41. The van der Waals surface area contributed by atoms with Crippen molar-refractivity contribution in [2.75, 3.05) is 6.61 Å². The third-order valence-electron chi connectivity index (χ3n) is 4.66. The Bertz CT molecular complexity index is 1130. The van der Waals surface area contributed by atoms with Gasteiger partial charge in [-0.15, -0.1) is 0 Å². The number of carbonyl (C=O) groups excluding carboxylic acids is 1. The van der Waals surface area contributed by atoms with Crippen LogP contribution in [0.15, 0.2) is 99.1 Å². The molecule has 0 radical (unpaired) electrons. The van der Waals surface area contributed by atoms with Gasteiger partial charge in [-0.1, -0.05) is 90.1 Å². The van der Waals surface area contributed by atoms with Gasteiger partial charge in [0.15, 0.2) is 5.76 Å². The zero-order valence-corrected chi connectivity index (χ0v) is 17.7. The molecule has 0 unspecified atom stereocenters. The molecule has 4 heteroatoms. The second-order valence-corrected chi connectivity index (χ2v) is 7.92. The van der Waals surface area contributed by atoms with Crippen LogP contribution >= 0.6 is 11.8 Å². The van der Waals surface area contributed by atoms with E-state index in [1.165, 1.54) is 17.3 Å². The number of carbonyl (C=O) groups is 1. The van der Waals surface area contributed by atoms with Gasteiger partial charge < -0.3 is 9.15 Å². The molecule has 4 rings (SSSR count). The number of ether oxygens (including phenoxy) is 1. The van der Waals surface area contributed by atoms with E-state index in [-0.39, 0.29) is 5.97 Å². The molecule has 1 aromatic heterocycles.